The van der Waals surface area contributed by atoms with Gasteiger partial charge in [-0.1, -0.05) is 35.7 Å². The molecule has 1 aromatic carbocycles. The summed E-state index contributed by atoms with van der Waals surface area (Å²) in [5.41, 5.74) is 0.718. The Hall–Kier alpha value is -1.54. The van der Waals surface area contributed by atoms with Gasteiger partial charge in [-0.25, -0.2) is 9.59 Å². The van der Waals surface area contributed by atoms with E-state index in [-0.39, 0.29) is 5.41 Å². The maximum atomic E-state index is 12.7. The fourth-order valence-corrected chi connectivity index (χ4v) is 4.22. The number of carboxylic acids is 2. The minimum absolute atomic E-state index is 0.317. The van der Waals surface area contributed by atoms with E-state index in [0.29, 0.717) is 33.7 Å². The van der Waals surface area contributed by atoms with Gasteiger partial charge in [-0.3, -0.25) is 4.79 Å². The molecule has 30 heavy (non-hydrogen) atoms. The number of halogens is 2. The molecule has 0 atom stereocenters. The first-order valence-corrected chi connectivity index (χ1v) is 11.3. The van der Waals surface area contributed by atoms with Gasteiger partial charge in [-0.15, -0.1) is 0 Å². The Bertz CT molecular complexity index is 763. The van der Waals surface area contributed by atoms with Crippen LogP contribution in [0.5, 0.6) is 0 Å². The molecule has 9 heteroatoms. The standard InChI is InChI=1S/C17H23Cl2NOS.C4H4O4/c1-20(2)9-4-10-22-12-16(21)17(7-3-8-17)13-5-6-14(18)15(19)11-13;5-3(6)1-2-4(7)8/h5-6,11H,3-4,7-10,12H2,1-2H3;1-2H,(H,5,6)(H,7,8)/b;2-1+. The fourth-order valence-electron chi connectivity index (χ4n) is 2.98. The highest BCUT2D eigenvalue weighted by molar-refractivity contribution is 7.99. The van der Waals surface area contributed by atoms with Crippen molar-refractivity contribution in [1.82, 2.24) is 4.90 Å². The van der Waals surface area contributed by atoms with Crippen LogP contribution in [0, 0.1) is 0 Å². The molecule has 166 valence electrons. The van der Waals surface area contributed by atoms with Gasteiger partial charge in [0.05, 0.1) is 21.2 Å². The highest BCUT2D eigenvalue weighted by atomic mass is 35.5. The predicted octanol–water partition coefficient (Wildman–Crippen LogP) is 4.38. The summed E-state index contributed by atoms with van der Waals surface area (Å²) in [6.45, 7) is 1.07. The van der Waals surface area contributed by atoms with Crippen molar-refractivity contribution < 1.29 is 24.6 Å². The summed E-state index contributed by atoms with van der Waals surface area (Å²) in [5, 5.41) is 16.7. The molecule has 0 saturated heterocycles. The van der Waals surface area contributed by atoms with Gasteiger partial charge in [0, 0.05) is 12.2 Å². The quantitative estimate of drug-likeness (QED) is 0.382. The number of hydrogen-bond acceptors (Lipinski definition) is 5. The second-order valence-electron chi connectivity index (χ2n) is 7.21. The molecule has 6 nitrogen and oxygen atoms in total. The van der Waals surface area contributed by atoms with Crippen molar-refractivity contribution >= 4 is 52.7 Å². The predicted molar refractivity (Wildman–Crippen MR) is 122 cm³/mol. The zero-order valence-electron chi connectivity index (χ0n) is 17.1. The molecule has 0 aliphatic heterocycles. The van der Waals surface area contributed by atoms with Crippen LogP contribution in [0.1, 0.15) is 31.2 Å². The van der Waals surface area contributed by atoms with Crippen LogP contribution in [0.15, 0.2) is 30.4 Å². The fraction of sp³-hybridized carbons (Fsp3) is 0.476. The topological polar surface area (TPSA) is 94.9 Å². The van der Waals surface area contributed by atoms with E-state index in [1.807, 2.05) is 12.1 Å². The maximum absolute atomic E-state index is 12.7. The van der Waals surface area contributed by atoms with Gasteiger partial charge in [0.1, 0.15) is 0 Å². The average molecular weight is 476 g/mol. The number of rotatable bonds is 10. The number of carboxylic acid groups (broad SMARTS) is 2. The van der Waals surface area contributed by atoms with Gasteiger partial charge in [-0.05, 0) is 63.4 Å². The van der Waals surface area contributed by atoms with Crippen molar-refractivity contribution in [2.75, 3.05) is 32.1 Å². The lowest BCUT2D eigenvalue weighted by Gasteiger charge is -2.41. The zero-order chi connectivity index (χ0) is 22.7. The minimum atomic E-state index is -1.26. The van der Waals surface area contributed by atoms with Gasteiger partial charge >= 0.3 is 11.9 Å². The number of nitrogens with zero attached hydrogens (tertiary/aromatic N) is 1. The summed E-state index contributed by atoms with van der Waals surface area (Å²) >= 11 is 13.9. The van der Waals surface area contributed by atoms with Crippen molar-refractivity contribution in [1.29, 1.82) is 0 Å². The van der Waals surface area contributed by atoms with Crippen molar-refractivity contribution in [3.63, 3.8) is 0 Å². The summed E-state index contributed by atoms with van der Waals surface area (Å²) < 4.78 is 0. The molecular weight excluding hydrogens is 449 g/mol. The first kappa shape index (κ1) is 26.5. The molecule has 1 aromatic rings. The van der Waals surface area contributed by atoms with Crippen molar-refractivity contribution in [3.05, 3.63) is 46.0 Å². The number of carbonyl (C=O) groups excluding carboxylic acids is 1. The van der Waals surface area contributed by atoms with Crippen LogP contribution >= 0.6 is 35.0 Å². The maximum Gasteiger partial charge on any atom is 0.328 e. The Morgan fingerprint density at radius 3 is 2.13 bits per heavy atom. The van der Waals surface area contributed by atoms with Crippen LogP contribution < -0.4 is 0 Å². The number of Topliss-reactive ketones (excluding diaryl/α,β-unsaturated/α-hetero) is 1. The van der Waals surface area contributed by atoms with Crippen LogP contribution in [-0.4, -0.2) is 65.0 Å². The molecule has 0 radical (unpaired) electrons. The largest absolute Gasteiger partial charge is 0.478 e. The Kier molecular flexibility index (Phi) is 11.5. The SMILES string of the molecule is CN(C)CCCSCC(=O)C1(c2ccc(Cl)c(Cl)c2)CCC1.O=C(O)/C=C/C(=O)O. The molecule has 1 aliphatic carbocycles. The van der Waals surface area contributed by atoms with E-state index in [2.05, 4.69) is 19.0 Å². The van der Waals surface area contributed by atoms with Crippen molar-refractivity contribution in [3.8, 4) is 0 Å². The first-order chi connectivity index (χ1) is 14.1. The second-order valence-corrected chi connectivity index (χ2v) is 9.13. The third-order valence-corrected chi connectivity index (χ3v) is 6.49. The van der Waals surface area contributed by atoms with E-state index in [9.17, 15) is 14.4 Å². The Morgan fingerprint density at radius 1 is 1.10 bits per heavy atom. The lowest BCUT2D eigenvalue weighted by Crippen LogP contribution is -2.43. The lowest BCUT2D eigenvalue weighted by atomic mass is 9.62. The van der Waals surface area contributed by atoms with E-state index in [1.54, 1.807) is 17.8 Å². The van der Waals surface area contributed by atoms with Gasteiger partial charge in [0.2, 0.25) is 0 Å². The van der Waals surface area contributed by atoms with Crippen LogP contribution in [-0.2, 0) is 19.8 Å². The highest BCUT2D eigenvalue weighted by Gasteiger charge is 2.44. The summed E-state index contributed by atoms with van der Waals surface area (Å²) in [4.78, 5) is 34.0. The van der Waals surface area contributed by atoms with Crippen LogP contribution in [0.25, 0.3) is 0 Å². The van der Waals surface area contributed by atoms with Crippen LogP contribution in [0.2, 0.25) is 10.0 Å². The monoisotopic (exact) mass is 475 g/mol. The molecule has 0 bridgehead atoms. The normalized spacial score (nSPS) is 14.7. The number of carbonyl (C=O) groups is 3. The van der Waals surface area contributed by atoms with E-state index in [4.69, 9.17) is 33.4 Å². The first-order valence-electron chi connectivity index (χ1n) is 9.43. The van der Waals surface area contributed by atoms with Crippen molar-refractivity contribution in [2.24, 2.45) is 0 Å². The lowest BCUT2D eigenvalue weighted by molar-refractivity contribution is -0.134. The van der Waals surface area contributed by atoms with Gasteiger partial charge in [-0.2, -0.15) is 11.8 Å². The number of benzene rings is 1. The summed E-state index contributed by atoms with van der Waals surface area (Å²) in [6.07, 6.45) is 5.21. The molecule has 0 heterocycles. The van der Waals surface area contributed by atoms with Crippen LogP contribution in [0.4, 0.5) is 0 Å². The third-order valence-electron chi connectivity index (χ3n) is 4.71. The van der Waals surface area contributed by atoms with E-state index < -0.39 is 11.9 Å². The minimum Gasteiger partial charge on any atom is -0.478 e. The summed E-state index contributed by atoms with van der Waals surface area (Å²) in [5.74, 6) is -0.554. The molecule has 2 rings (SSSR count). The summed E-state index contributed by atoms with van der Waals surface area (Å²) in [6, 6.07) is 5.64. The third kappa shape index (κ3) is 8.68. The molecule has 1 fully saturated rings. The average Bonchev–Trinajstić information content (AvgIpc) is 2.62. The second kappa shape index (κ2) is 13.0. The van der Waals surface area contributed by atoms with E-state index in [1.165, 1.54) is 0 Å². The molecule has 1 aliphatic rings. The van der Waals surface area contributed by atoms with E-state index >= 15 is 0 Å². The van der Waals surface area contributed by atoms with Gasteiger partial charge < -0.3 is 15.1 Å². The number of aliphatic carboxylic acids is 2. The molecule has 1 saturated carbocycles. The van der Waals surface area contributed by atoms with Gasteiger partial charge in [0.25, 0.3) is 0 Å². The molecule has 0 aromatic heterocycles. The number of hydrogen-bond donors (Lipinski definition) is 2. The zero-order valence-corrected chi connectivity index (χ0v) is 19.4. The molecule has 0 amide bonds. The molecule has 0 unspecified atom stereocenters. The molecule has 0 spiro atoms. The van der Waals surface area contributed by atoms with Crippen molar-refractivity contribution in [2.45, 2.75) is 31.1 Å². The Balaban J connectivity index is 0.000000479. The number of thioether (sulfide) groups is 1. The summed E-state index contributed by atoms with van der Waals surface area (Å²) in [7, 11) is 4.15. The molecular formula is C21H27Cl2NO5S. The van der Waals surface area contributed by atoms with E-state index in [0.717, 1.165) is 43.5 Å². The Morgan fingerprint density at radius 2 is 1.70 bits per heavy atom. The van der Waals surface area contributed by atoms with Crippen LogP contribution in [0.3, 0.4) is 0 Å². The number of ketones is 1. The van der Waals surface area contributed by atoms with Gasteiger partial charge in [0.15, 0.2) is 5.78 Å². The highest BCUT2D eigenvalue weighted by Crippen LogP contribution is 2.46. The molecule has 2 N–H and O–H groups in total. The smallest absolute Gasteiger partial charge is 0.328 e. The Labute approximate surface area is 191 Å².